The van der Waals surface area contributed by atoms with E-state index in [9.17, 15) is 17.2 Å². The van der Waals surface area contributed by atoms with Crippen LogP contribution in [-0.2, 0) is 16.4 Å². The minimum absolute atomic E-state index is 0.00509. The number of aryl methyl sites for hydroxylation is 1. The predicted molar refractivity (Wildman–Crippen MR) is 78.0 cm³/mol. The van der Waals surface area contributed by atoms with Gasteiger partial charge >= 0.3 is 0 Å². The number of halogens is 3. The molecule has 0 fully saturated rings. The van der Waals surface area contributed by atoms with Gasteiger partial charge in [0.1, 0.15) is 11.6 Å². The van der Waals surface area contributed by atoms with Crippen LogP contribution in [0.3, 0.4) is 0 Å². The van der Waals surface area contributed by atoms with Crippen molar-refractivity contribution < 1.29 is 17.2 Å². The van der Waals surface area contributed by atoms with E-state index >= 15 is 0 Å². The molecule has 0 saturated heterocycles. The van der Waals surface area contributed by atoms with Gasteiger partial charge in [-0.15, -0.1) is 11.6 Å². The molecule has 21 heavy (non-hydrogen) atoms. The summed E-state index contributed by atoms with van der Waals surface area (Å²) in [6.45, 7) is 0. The Morgan fingerprint density at radius 3 is 2.10 bits per heavy atom. The van der Waals surface area contributed by atoms with Gasteiger partial charge in [-0.1, -0.05) is 12.1 Å². The fourth-order valence-corrected chi connectivity index (χ4v) is 3.03. The van der Waals surface area contributed by atoms with Crippen LogP contribution < -0.4 is 4.72 Å². The first-order chi connectivity index (χ1) is 9.90. The van der Waals surface area contributed by atoms with Gasteiger partial charge in [-0.25, -0.2) is 17.2 Å². The largest absolute Gasteiger partial charge is 0.279 e. The third-order valence-electron chi connectivity index (χ3n) is 2.73. The second-order valence-corrected chi connectivity index (χ2v) is 6.41. The summed E-state index contributed by atoms with van der Waals surface area (Å²) in [5.41, 5.74) is 0.734. The highest BCUT2D eigenvalue weighted by atomic mass is 35.5. The van der Waals surface area contributed by atoms with E-state index in [1.807, 2.05) is 0 Å². The van der Waals surface area contributed by atoms with E-state index in [1.54, 1.807) is 12.1 Å². The van der Waals surface area contributed by atoms with Crippen LogP contribution in [0.1, 0.15) is 5.56 Å². The van der Waals surface area contributed by atoms with Gasteiger partial charge in [0, 0.05) is 11.9 Å². The molecule has 112 valence electrons. The van der Waals surface area contributed by atoms with E-state index < -0.39 is 21.7 Å². The highest BCUT2D eigenvalue weighted by Crippen LogP contribution is 2.19. The van der Waals surface area contributed by atoms with Gasteiger partial charge in [-0.3, -0.25) is 4.72 Å². The van der Waals surface area contributed by atoms with E-state index in [0.29, 0.717) is 18.4 Å². The van der Waals surface area contributed by atoms with Crippen LogP contribution in [0.5, 0.6) is 0 Å². The van der Waals surface area contributed by atoms with Crippen LogP contribution in [0.4, 0.5) is 14.5 Å². The maximum Gasteiger partial charge on any atom is 0.261 e. The molecule has 7 heteroatoms. The molecule has 0 bridgehead atoms. The normalized spacial score (nSPS) is 11.4. The molecule has 0 amide bonds. The fraction of sp³-hybridized carbons (Fsp3) is 0.143. The second-order valence-electron chi connectivity index (χ2n) is 4.35. The Balaban J connectivity index is 2.25. The topological polar surface area (TPSA) is 46.2 Å². The summed E-state index contributed by atoms with van der Waals surface area (Å²) in [5.74, 6) is -1.28. The minimum Gasteiger partial charge on any atom is -0.279 e. The molecule has 0 heterocycles. The monoisotopic (exact) mass is 331 g/mol. The van der Waals surface area contributed by atoms with E-state index in [1.165, 1.54) is 12.1 Å². The molecule has 0 aliphatic carbocycles. The Morgan fingerprint density at radius 2 is 1.57 bits per heavy atom. The summed E-state index contributed by atoms with van der Waals surface area (Å²) in [6, 6.07) is 8.59. The van der Waals surface area contributed by atoms with Crippen LogP contribution >= 0.6 is 11.6 Å². The molecule has 1 N–H and O–H groups in total. The van der Waals surface area contributed by atoms with Crippen LogP contribution in [0.15, 0.2) is 47.4 Å². The molecular weight excluding hydrogens is 320 g/mol. The highest BCUT2D eigenvalue weighted by molar-refractivity contribution is 7.92. The zero-order valence-electron chi connectivity index (χ0n) is 10.8. The van der Waals surface area contributed by atoms with Crippen LogP contribution in [-0.4, -0.2) is 14.3 Å². The van der Waals surface area contributed by atoms with Gasteiger partial charge < -0.3 is 0 Å². The average Bonchev–Trinajstić information content (AvgIpc) is 2.38. The molecule has 0 aromatic heterocycles. The lowest BCUT2D eigenvalue weighted by Crippen LogP contribution is -2.13. The molecule has 0 atom stereocenters. The van der Waals surface area contributed by atoms with Crippen molar-refractivity contribution in [3.05, 3.63) is 59.7 Å². The maximum absolute atomic E-state index is 13.1. The smallest absolute Gasteiger partial charge is 0.261 e. The van der Waals surface area contributed by atoms with Crippen molar-refractivity contribution in [1.82, 2.24) is 0 Å². The van der Waals surface area contributed by atoms with E-state index in [4.69, 9.17) is 11.6 Å². The van der Waals surface area contributed by atoms with Crippen molar-refractivity contribution in [2.45, 2.75) is 11.3 Å². The van der Waals surface area contributed by atoms with Crippen molar-refractivity contribution in [2.24, 2.45) is 0 Å². The number of hydrogen-bond donors (Lipinski definition) is 1. The predicted octanol–water partition coefficient (Wildman–Crippen LogP) is 3.55. The van der Waals surface area contributed by atoms with Gasteiger partial charge in [0.2, 0.25) is 0 Å². The average molecular weight is 332 g/mol. The van der Waals surface area contributed by atoms with E-state index in [-0.39, 0.29) is 10.6 Å². The third kappa shape index (κ3) is 4.15. The van der Waals surface area contributed by atoms with E-state index in [0.717, 1.165) is 17.7 Å². The lowest BCUT2D eigenvalue weighted by atomic mass is 10.2. The zero-order valence-corrected chi connectivity index (χ0v) is 12.4. The number of anilines is 1. The number of hydrogen-bond acceptors (Lipinski definition) is 2. The summed E-state index contributed by atoms with van der Waals surface area (Å²) >= 11 is 5.60. The molecule has 0 spiro atoms. The molecule has 0 radical (unpaired) electrons. The summed E-state index contributed by atoms with van der Waals surface area (Å²) < 4.78 is 52.5. The molecule has 0 saturated carbocycles. The van der Waals surface area contributed by atoms with Crippen molar-refractivity contribution in [3.8, 4) is 0 Å². The van der Waals surface area contributed by atoms with Crippen LogP contribution in [0, 0.1) is 11.6 Å². The standard InChI is InChI=1S/C14H12ClF2NO2S/c15-6-5-10-1-3-14(4-2-10)21(19,20)18-13-8-11(16)7-12(17)9-13/h1-4,7-9,18H,5-6H2. The Kier molecular flexibility index (Phi) is 4.80. The molecule has 2 aromatic carbocycles. The molecule has 0 aliphatic rings. The quantitative estimate of drug-likeness (QED) is 0.852. The van der Waals surface area contributed by atoms with Crippen LogP contribution in [0.25, 0.3) is 0 Å². The lowest BCUT2D eigenvalue weighted by molar-refractivity contribution is 0.584. The van der Waals surface area contributed by atoms with Crippen molar-refractivity contribution in [2.75, 3.05) is 10.6 Å². The summed E-state index contributed by atoms with van der Waals surface area (Å²) in [4.78, 5) is 0.00509. The number of sulfonamides is 1. The molecule has 2 aromatic rings. The van der Waals surface area contributed by atoms with Gasteiger partial charge in [-0.2, -0.15) is 0 Å². The first-order valence-corrected chi connectivity index (χ1v) is 8.06. The van der Waals surface area contributed by atoms with Crippen molar-refractivity contribution >= 4 is 27.3 Å². The fourth-order valence-electron chi connectivity index (χ4n) is 1.77. The Morgan fingerprint density at radius 1 is 1.00 bits per heavy atom. The molecule has 0 aliphatic heterocycles. The first-order valence-electron chi connectivity index (χ1n) is 6.04. The summed E-state index contributed by atoms with van der Waals surface area (Å²) in [7, 11) is -3.89. The summed E-state index contributed by atoms with van der Waals surface area (Å²) in [5, 5.41) is 0. The number of nitrogens with one attached hydrogen (secondary N) is 1. The third-order valence-corrected chi connectivity index (χ3v) is 4.32. The Labute approximate surface area is 126 Å². The zero-order chi connectivity index (χ0) is 15.5. The Bertz CT molecular complexity index is 713. The molecule has 2 rings (SSSR count). The van der Waals surface area contributed by atoms with Gasteiger partial charge in [0.05, 0.1) is 10.6 Å². The second kappa shape index (κ2) is 6.41. The molecule has 0 unspecified atom stereocenters. The highest BCUT2D eigenvalue weighted by Gasteiger charge is 2.15. The number of benzene rings is 2. The van der Waals surface area contributed by atoms with Gasteiger partial charge in [-0.05, 0) is 36.2 Å². The number of rotatable bonds is 5. The SMILES string of the molecule is O=S(=O)(Nc1cc(F)cc(F)c1)c1ccc(CCCl)cc1. The minimum atomic E-state index is -3.89. The first kappa shape index (κ1) is 15.7. The van der Waals surface area contributed by atoms with Gasteiger partial charge in [0.15, 0.2) is 0 Å². The molecule has 3 nitrogen and oxygen atoms in total. The molecular formula is C14H12ClF2NO2S. The van der Waals surface area contributed by atoms with Crippen molar-refractivity contribution in [3.63, 3.8) is 0 Å². The summed E-state index contributed by atoms with van der Waals surface area (Å²) in [6.07, 6.45) is 0.629. The number of alkyl halides is 1. The Hall–Kier alpha value is -1.66. The van der Waals surface area contributed by atoms with Gasteiger partial charge in [0.25, 0.3) is 10.0 Å². The van der Waals surface area contributed by atoms with Crippen LogP contribution in [0.2, 0.25) is 0 Å². The maximum atomic E-state index is 13.1. The van der Waals surface area contributed by atoms with Crippen molar-refractivity contribution in [1.29, 1.82) is 0 Å². The lowest BCUT2D eigenvalue weighted by Gasteiger charge is -2.09. The van der Waals surface area contributed by atoms with E-state index in [2.05, 4.69) is 4.72 Å².